The van der Waals surface area contributed by atoms with E-state index >= 15 is 0 Å². The Balaban J connectivity index is 1.82. The van der Waals surface area contributed by atoms with Gasteiger partial charge >= 0.3 is 10.2 Å². The highest BCUT2D eigenvalue weighted by Crippen LogP contribution is 2.31. The van der Waals surface area contributed by atoms with E-state index in [4.69, 9.17) is 15.2 Å². The molecule has 0 spiro atoms. The zero-order chi connectivity index (χ0) is 15.9. The fourth-order valence-corrected chi connectivity index (χ4v) is 3.21. The van der Waals surface area contributed by atoms with Crippen molar-refractivity contribution in [2.75, 3.05) is 11.3 Å². The summed E-state index contributed by atoms with van der Waals surface area (Å²) in [6.45, 7) is -0.0191. The van der Waals surface area contributed by atoms with Gasteiger partial charge in [-0.05, 0) is 12.1 Å². The molecule has 1 aromatic carbocycles. The molecule has 1 fully saturated rings. The summed E-state index contributed by atoms with van der Waals surface area (Å²) in [4.78, 5) is 0. The Morgan fingerprint density at radius 1 is 1.45 bits per heavy atom. The lowest BCUT2D eigenvalue weighted by molar-refractivity contribution is -0.104. The van der Waals surface area contributed by atoms with E-state index < -0.39 is 28.7 Å². The van der Waals surface area contributed by atoms with Gasteiger partial charge in [0.25, 0.3) is 0 Å². The highest BCUT2D eigenvalue weighted by Gasteiger charge is 2.33. The van der Waals surface area contributed by atoms with Crippen molar-refractivity contribution >= 4 is 21.7 Å². The number of hydrogen-bond acceptors (Lipinski definition) is 7. The molecule has 2 aliphatic rings. The lowest BCUT2D eigenvalue weighted by Gasteiger charge is -2.20. The molecule has 3 atom stereocenters. The fourth-order valence-electron chi connectivity index (χ4n) is 2.37. The van der Waals surface area contributed by atoms with Crippen LogP contribution in [0.15, 0.2) is 22.6 Å². The highest BCUT2D eigenvalue weighted by molar-refractivity contribution is 7.91. The molecular weight excluding hydrogens is 314 g/mol. The smallest absolute Gasteiger partial charge is 0.344 e. The number of rotatable bonds is 3. The number of ether oxygens (including phenoxy) is 2. The molecule has 1 unspecified atom stereocenters. The second-order valence-corrected chi connectivity index (χ2v) is 6.31. The van der Waals surface area contributed by atoms with Crippen LogP contribution in [0.4, 0.5) is 5.69 Å². The number of nitrogens with two attached hydrogens (primary N) is 1. The van der Waals surface area contributed by atoms with Crippen LogP contribution in [0.25, 0.3) is 0 Å². The Bertz CT molecular complexity index is 720. The first-order chi connectivity index (χ1) is 10.4. The number of hydrogen-bond donors (Lipinski definition) is 4. The summed E-state index contributed by atoms with van der Waals surface area (Å²) in [6, 6.07) is 4.72. The van der Waals surface area contributed by atoms with Crippen molar-refractivity contribution in [1.82, 2.24) is 0 Å². The van der Waals surface area contributed by atoms with Crippen molar-refractivity contribution in [2.45, 2.75) is 24.9 Å². The van der Waals surface area contributed by atoms with Gasteiger partial charge in [-0.15, -0.1) is 4.40 Å². The average molecular weight is 329 g/mol. The summed E-state index contributed by atoms with van der Waals surface area (Å²) >= 11 is 0. The topological polar surface area (TPSA) is 143 Å². The molecule has 0 saturated carbocycles. The molecule has 2 aliphatic heterocycles. The zero-order valence-corrected chi connectivity index (χ0v) is 12.2. The van der Waals surface area contributed by atoms with E-state index in [2.05, 4.69) is 9.12 Å². The van der Waals surface area contributed by atoms with Crippen molar-refractivity contribution in [3.63, 3.8) is 0 Å². The van der Waals surface area contributed by atoms with E-state index in [1.54, 1.807) is 12.1 Å². The molecule has 2 heterocycles. The predicted octanol–water partition coefficient (Wildman–Crippen LogP) is -1.09. The van der Waals surface area contributed by atoms with Crippen LogP contribution in [-0.2, 0) is 14.9 Å². The number of aliphatic hydroxyl groups excluding tert-OH is 2. The van der Waals surface area contributed by atoms with Crippen LogP contribution in [0.3, 0.4) is 0 Å². The van der Waals surface area contributed by atoms with Crippen molar-refractivity contribution in [3.8, 4) is 5.75 Å². The van der Waals surface area contributed by atoms with E-state index in [0.29, 0.717) is 11.3 Å². The first-order valence-corrected chi connectivity index (χ1v) is 7.96. The van der Waals surface area contributed by atoms with Crippen molar-refractivity contribution in [3.05, 3.63) is 23.8 Å². The van der Waals surface area contributed by atoms with Crippen LogP contribution in [0.2, 0.25) is 0 Å². The SMILES string of the molecule is NC1=NS(=O)(=O)Nc2cccc(OC[C@H]3OC(O)C[C@@H]3O)c21. The van der Waals surface area contributed by atoms with Crippen LogP contribution in [-0.4, -0.2) is 49.6 Å². The van der Waals surface area contributed by atoms with Crippen LogP contribution in [0, 0.1) is 0 Å². The minimum absolute atomic E-state index is 0.0191. The monoisotopic (exact) mass is 329 g/mol. The molecule has 0 aliphatic carbocycles. The van der Waals surface area contributed by atoms with Crippen LogP contribution < -0.4 is 15.2 Å². The molecule has 0 radical (unpaired) electrons. The molecule has 9 nitrogen and oxygen atoms in total. The summed E-state index contributed by atoms with van der Waals surface area (Å²) in [5, 5.41) is 19.0. The molecule has 0 amide bonds. The molecule has 120 valence electrons. The first kappa shape index (κ1) is 15.0. The molecule has 0 bridgehead atoms. The van der Waals surface area contributed by atoms with Gasteiger partial charge in [0, 0.05) is 6.42 Å². The maximum atomic E-state index is 11.5. The number of nitrogens with zero attached hydrogens (tertiary/aromatic N) is 1. The molecular formula is C12H15N3O6S. The number of fused-ring (bicyclic) bond motifs is 1. The van der Waals surface area contributed by atoms with Gasteiger partial charge in [-0.25, -0.2) is 0 Å². The summed E-state index contributed by atoms with van der Waals surface area (Å²) < 4.78 is 39.3. The molecule has 10 heteroatoms. The Morgan fingerprint density at radius 2 is 2.23 bits per heavy atom. The van der Waals surface area contributed by atoms with Crippen LogP contribution >= 0.6 is 0 Å². The number of benzene rings is 1. The highest BCUT2D eigenvalue weighted by atomic mass is 32.2. The molecule has 0 aromatic heterocycles. The van der Waals surface area contributed by atoms with Gasteiger partial charge in [-0.1, -0.05) is 6.07 Å². The molecule has 5 N–H and O–H groups in total. The lowest BCUT2D eigenvalue weighted by atomic mass is 10.1. The number of amidine groups is 1. The van der Waals surface area contributed by atoms with E-state index in [-0.39, 0.29) is 24.6 Å². The fraction of sp³-hybridized carbons (Fsp3) is 0.417. The number of nitrogens with one attached hydrogen (secondary N) is 1. The third-order valence-corrected chi connectivity index (χ3v) is 4.26. The Kier molecular flexibility index (Phi) is 3.68. The third-order valence-electron chi connectivity index (χ3n) is 3.35. The van der Waals surface area contributed by atoms with E-state index in [1.807, 2.05) is 0 Å². The van der Waals surface area contributed by atoms with Gasteiger partial charge in [0.2, 0.25) is 0 Å². The average Bonchev–Trinajstić information content (AvgIpc) is 2.72. The molecule has 3 rings (SSSR count). The summed E-state index contributed by atoms with van der Waals surface area (Å²) in [5.41, 5.74) is 6.27. The lowest BCUT2D eigenvalue weighted by Crippen LogP contribution is -2.30. The minimum atomic E-state index is -3.85. The summed E-state index contributed by atoms with van der Waals surface area (Å²) in [6.07, 6.45) is -2.42. The van der Waals surface area contributed by atoms with E-state index in [9.17, 15) is 18.6 Å². The molecule has 1 aromatic rings. The van der Waals surface area contributed by atoms with E-state index in [0.717, 1.165) is 0 Å². The summed E-state index contributed by atoms with van der Waals surface area (Å²) in [5.74, 6) is 0.121. The van der Waals surface area contributed by atoms with Gasteiger partial charge in [-0.3, -0.25) is 4.72 Å². The Morgan fingerprint density at radius 3 is 2.91 bits per heavy atom. The zero-order valence-electron chi connectivity index (χ0n) is 11.3. The van der Waals surface area contributed by atoms with Gasteiger partial charge < -0.3 is 25.4 Å². The second kappa shape index (κ2) is 5.39. The molecule has 1 saturated heterocycles. The largest absolute Gasteiger partial charge is 0.490 e. The van der Waals surface area contributed by atoms with Gasteiger partial charge in [-0.2, -0.15) is 8.42 Å². The number of aliphatic hydroxyl groups is 2. The predicted molar refractivity (Wildman–Crippen MR) is 76.7 cm³/mol. The first-order valence-electron chi connectivity index (χ1n) is 6.52. The van der Waals surface area contributed by atoms with Crippen LogP contribution in [0.5, 0.6) is 5.75 Å². The molecule has 22 heavy (non-hydrogen) atoms. The minimum Gasteiger partial charge on any atom is -0.490 e. The third kappa shape index (κ3) is 2.86. The normalized spacial score (nSPS) is 29.4. The quantitative estimate of drug-likeness (QED) is 0.551. The summed E-state index contributed by atoms with van der Waals surface area (Å²) in [7, 11) is -3.85. The van der Waals surface area contributed by atoms with Crippen molar-refractivity contribution in [2.24, 2.45) is 10.1 Å². The van der Waals surface area contributed by atoms with Crippen molar-refractivity contribution in [1.29, 1.82) is 0 Å². The van der Waals surface area contributed by atoms with Gasteiger partial charge in [0.15, 0.2) is 12.1 Å². The van der Waals surface area contributed by atoms with Crippen molar-refractivity contribution < 1.29 is 28.1 Å². The Hall–Kier alpha value is -1.88. The standard InChI is InChI=1S/C12H15N3O6S/c13-12-11-6(14-22(18,19)15-12)2-1-3-8(11)20-5-9-7(16)4-10(17)21-9/h1-3,7,9-10,14,16-17H,4-5H2,(H2,13,15)/t7-,9+,10?/m0/s1. The maximum Gasteiger partial charge on any atom is 0.344 e. The van der Waals surface area contributed by atoms with Gasteiger partial charge in [0.05, 0.1) is 17.4 Å². The van der Waals surface area contributed by atoms with Gasteiger partial charge in [0.1, 0.15) is 18.5 Å². The maximum absolute atomic E-state index is 11.5. The second-order valence-electron chi connectivity index (χ2n) is 4.98. The van der Waals surface area contributed by atoms with Crippen LogP contribution in [0.1, 0.15) is 12.0 Å². The number of anilines is 1. The Labute approximate surface area is 126 Å². The van der Waals surface area contributed by atoms with E-state index in [1.165, 1.54) is 6.07 Å².